The molecule has 2 amide bonds. The molecule has 7 heteroatoms. The van der Waals surface area contributed by atoms with Gasteiger partial charge in [0, 0.05) is 15.7 Å². The third-order valence-corrected chi connectivity index (χ3v) is 3.88. The molecule has 0 bridgehead atoms. The van der Waals surface area contributed by atoms with Crippen molar-refractivity contribution in [2.45, 2.75) is 13.0 Å². The monoisotopic (exact) mass is 390 g/mol. The highest BCUT2D eigenvalue weighted by atomic mass is 79.9. The lowest BCUT2D eigenvalue weighted by atomic mass is 10.2. The van der Waals surface area contributed by atoms with E-state index in [1.165, 1.54) is 19.1 Å². The van der Waals surface area contributed by atoms with Gasteiger partial charge >= 0.3 is 5.97 Å². The van der Waals surface area contributed by atoms with Crippen LogP contribution >= 0.6 is 15.9 Å². The van der Waals surface area contributed by atoms with Gasteiger partial charge in [0.15, 0.2) is 6.10 Å². The molecular weight excluding hydrogens is 376 g/mol. The maximum absolute atomic E-state index is 12.1. The minimum Gasteiger partial charge on any atom is -0.449 e. The number of ether oxygens (including phenoxy) is 1. The van der Waals surface area contributed by atoms with Crippen LogP contribution in [0.3, 0.4) is 0 Å². The molecule has 0 aliphatic rings. The molecule has 24 heavy (non-hydrogen) atoms. The zero-order valence-corrected chi connectivity index (χ0v) is 14.4. The summed E-state index contributed by atoms with van der Waals surface area (Å²) in [5.41, 5.74) is 6.29. The van der Waals surface area contributed by atoms with Gasteiger partial charge in [-0.3, -0.25) is 9.59 Å². The second kappa shape index (κ2) is 7.74. The van der Waals surface area contributed by atoms with Crippen LogP contribution < -0.4 is 11.1 Å². The Kier molecular flexibility index (Phi) is 5.70. The molecule has 6 nitrogen and oxygen atoms in total. The van der Waals surface area contributed by atoms with Crippen molar-refractivity contribution in [2.75, 3.05) is 5.32 Å². The zero-order chi connectivity index (χ0) is 17.7. The van der Waals surface area contributed by atoms with E-state index in [1.807, 2.05) is 0 Å². The van der Waals surface area contributed by atoms with Gasteiger partial charge in [0.2, 0.25) is 5.91 Å². The predicted molar refractivity (Wildman–Crippen MR) is 92.6 cm³/mol. The average molecular weight is 391 g/mol. The van der Waals surface area contributed by atoms with Gasteiger partial charge in [-0.25, -0.2) is 4.79 Å². The van der Waals surface area contributed by atoms with E-state index in [2.05, 4.69) is 21.2 Å². The lowest BCUT2D eigenvalue weighted by Gasteiger charge is -2.14. The fourth-order valence-corrected chi connectivity index (χ4v) is 2.31. The Morgan fingerprint density at radius 2 is 1.71 bits per heavy atom. The van der Waals surface area contributed by atoms with Crippen LogP contribution in [0, 0.1) is 0 Å². The molecule has 0 saturated carbocycles. The van der Waals surface area contributed by atoms with Crippen molar-refractivity contribution in [3.63, 3.8) is 0 Å². The lowest BCUT2D eigenvalue weighted by molar-refractivity contribution is -0.123. The number of hydrogen-bond acceptors (Lipinski definition) is 4. The van der Waals surface area contributed by atoms with E-state index < -0.39 is 23.9 Å². The Labute approximate surface area is 147 Å². The van der Waals surface area contributed by atoms with Gasteiger partial charge < -0.3 is 15.8 Å². The summed E-state index contributed by atoms with van der Waals surface area (Å²) in [6.45, 7) is 1.47. The molecule has 0 unspecified atom stereocenters. The van der Waals surface area contributed by atoms with Crippen molar-refractivity contribution < 1.29 is 19.1 Å². The Hall–Kier alpha value is -2.67. The fourth-order valence-electron chi connectivity index (χ4n) is 1.87. The number of amides is 2. The zero-order valence-electron chi connectivity index (χ0n) is 12.8. The molecule has 0 spiro atoms. The number of esters is 1. The Morgan fingerprint density at radius 3 is 2.29 bits per heavy atom. The summed E-state index contributed by atoms with van der Waals surface area (Å²) in [5.74, 6) is -1.64. The van der Waals surface area contributed by atoms with Crippen LogP contribution in [0.4, 0.5) is 5.69 Å². The van der Waals surface area contributed by atoms with Gasteiger partial charge in [-0.05, 0) is 59.3 Å². The van der Waals surface area contributed by atoms with Crippen LogP contribution in [0.1, 0.15) is 27.6 Å². The predicted octanol–water partition coefficient (Wildman–Crippen LogP) is 2.73. The van der Waals surface area contributed by atoms with E-state index in [0.29, 0.717) is 21.3 Å². The summed E-state index contributed by atoms with van der Waals surface area (Å²) < 4.78 is 5.75. The second-order valence-corrected chi connectivity index (χ2v) is 5.81. The van der Waals surface area contributed by atoms with E-state index in [0.717, 1.165) is 0 Å². The van der Waals surface area contributed by atoms with Crippen molar-refractivity contribution in [2.24, 2.45) is 5.73 Å². The summed E-state index contributed by atoms with van der Waals surface area (Å²) >= 11 is 3.26. The summed E-state index contributed by atoms with van der Waals surface area (Å²) in [5, 5.41) is 2.60. The quantitative estimate of drug-likeness (QED) is 0.766. The molecule has 0 aliphatic heterocycles. The first-order valence-corrected chi connectivity index (χ1v) is 7.84. The number of primary amides is 1. The van der Waals surface area contributed by atoms with E-state index in [9.17, 15) is 14.4 Å². The topological polar surface area (TPSA) is 98.5 Å². The third-order valence-electron chi connectivity index (χ3n) is 3.18. The highest BCUT2D eigenvalue weighted by Gasteiger charge is 2.20. The Balaban J connectivity index is 1.98. The summed E-state index contributed by atoms with van der Waals surface area (Å²) in [6.07, 6.45) is -0.986. The largest absolute Gasteiger partial charge is 0.449 e. The number of nitrogens with two attached hydrogens (primary N) is 1. The first-order chi connectivity index (χ1) is 11.4. The molecule has 2 aromatic rings. The number of nitrogens with one attached hydrogen (secondary N) is 1. The molecule has 0 heterocycles. The first kappa shape index (κ1) is 17.7. The standard InChI is InChI=1S/C17H15BrN2O4/c1-10(24-17(23)13-4-2-3-5-14(13)18)16(22)20-12-8-6-11(7-9-12)15(19)21/h2-10H,1H3,(H2,19,21)(H,20,22)/t10-/m0/s1. The smallest absolute Gasteiger partial charge is 0.340 e. The number of anilines is 1. The van der Waals surface area contributed by atoms with E-state index in [4.69, 9.17) is 10.5 Å². The molecule has 0 aromatic heterocycles. The minimum absolute atomic E-state index is 0.335. The number of benzene rings is 2. The van der Waals surface area contributed by atoms with Gasteiger partial charge in [0.25, 0.3) is 5.91 Å². The molecule has 3 N–H and O–H groups in total. The molecule has 2 rings (SSSR count). The van der Waals surface area contributed by atoms with Crippen molar-refractivity contribution in [3.8, 4) is 0 Å². The number of halogens is 1. The fraction of sp³-hybridized carbons (Fsp3) is 0.118. The number of carbonyl (C=O) groups excluding carboxylic acids is 3. The Bertz CT molecular complexity index is 774. The van der Waals surface area contributed by atoms with Crippen molar-refractivity contribution in [3.05, 3.63) is 64.1 Å². The maximum atomic E-state index is 12.1. The van der Waals surface area contributed by atoms with Crippen LogP contribution in [0.15, 0.2) is 53.0 Å². The summed E-state index contributed by atoms with van der Waals surface area (Å²) in [4.78, 5) is 35.2. The van der Waals surface area contributed by atoms with Crippen LogP contribution in [-0.2, 0) is 9.53 Å². The van der Waals surface area contributed by atoms with Crippen molar-refractivity contribution in [1.29, 1.82) is 0 Å². The first-order valence-electron chi connectivity index (χ1n) is 7.04. The van der Waals surface area contributed by atoms with E-state index in [-0.39, 0.29) is 0 Å². The van der Waals surface area contributed by atoms with Crippen LogP contribution in [0.2, 0.25) is 0 Å². The van der Waals surface area contributed by atoms with Crippen molar-refractivity contribution in [1.82, 2.24) is 0 Å². The summed E-state index contributed by atoms with van der Waals surface area (Å²) in [6, 6.07) is 12.9. The summed E-state index contributed by atoms with van der Waals surface area (Å²) in [7, 11) is 0. The number of carbonyl (C=O) groups is 3. The highest BCUT2D eigenvalue weighted by Crippen LogP contribution is 2.18. The van der Waals surface area contributed by atoms with Gasteiger partial charge in [-0.1, -0.05) is 12.1 Å². The van der Waals surface area contributed by atoms with Crippen molar-refractivity contribution >= 4 is 39.4 Å². The maximum Gasteiger partial charge on any atom is 0.340 e. The average Bonchev–Trinajstić information content (AvgIpc) is 2.55. The van der Waals surface area contributed by atoms with Crippen LogP contribution in [-0.4, -0.2) is 23.9 Å². The molecule has 2 aromatic carbocycles. The highest BCUT2D eigenvalue weighted by molar-refractivity contribution is 9.10. The van der Waals surface area contributed by atoms with Gasteiger partial charge in [0.1, 0.15) is 0 Å². The lowest BCUT2D eigenvalue weighted by Crippen LogP contribution is -2.30. The molecule has 1 atom stereocenters. The minimum atomic E-state index is -0.986. The normalized spacial score (nSPS) is 11.4. The number of rotatable bonds is 5. The molecule has 0 radical (unpaired) electrons. The van der Waals surface area contributed by atoms with Gasteiger partial charge in [0.05, 0.1) is 5.56 Å². The third kappa shape index (κ3) is 4.42. The number of hydrogen-bond donors (Lipinski definition) is 2. The van der Waals surface area contributed by atoms with E-state index >= 15 is 0 Å². The van der Waals surface area contributed by atoms with E-state index in [1.54, 1.807) is 36.4 Å². The molecule has 0 saturated heterocycles. The molecule has 124 valence electrons. The van der Waals surface area contributed by atoms with Crippen LogP contribution in [0.25, 0.3) is 0 Å². The Morgan fingerprint density at radius 1 is 1.08 bits per heavy atom. The van der Waals surface area contributed by atoms with Gasteiger partial charge in [-0.2, -0.15) is 0 Å². The van der Waals surface area contributed by atoms with Crippen LogP contribution in [0.5, 0.6) is 0 Å². The molecule has 0 fully saturated rings. The SMILES string of the molecule is C[C@H](OC(=O)c1ccccc1Br)C(=O)Nc1ccc(C(N)=O)cc1. The second-order valence-electron chi connectivity index (χ2n) is 4.96. The molecule has 0 aliphatic carbocycles. The molecular formula is C17H15BrN2O4. The van der Waals surface area contributed by atoms with Gasteiger partial charge in [-0.15, -0.1) is 0 Å².